The molecule has 2 N–H and O–H groups in total. The third-order valence-corrected chi connectivity index (χ3v) is 6.98. The van der Waals surface area contributed by atoms with Crippen LogP contribution in [0.1, 0.15) is 32.8 Å². The Morgan fingerprint density at radius 3 is 2.85 bits per heavy atom. The Morgan fingerprint density at radius 2 is 2.12 bits per heavy atom. The lowest BCUT2D eigenvalue weighted by molar-refractivity contribution is 0.0265. The number of ether oxygens (including phenoxy) is 1. The molecule has 1 atom stereocenters. The second-order valence-electron chi connectivity index (χ2n) is 9.73. The van der Waals surface area contributed by atoms with Gasteiger partial charge in [-0.1, -0.05) is 24.3 Å². The quantitative estimate of drug-likeness (QED) is 0.425. The molecule has 2 aliphatic rings. The second-order valence-corrected chi connectivity index (χ2v) is 10.7. The number of anilines is 3. The number of pyridine rings is 1. The van der Waals surface area contributed by atoms with Crippen LogP contribution in [0.2, 0.25) is 0 Å². The van der Waals surface area contributed by atoms with Crippen LogP contribution in [0.25, 0.3) is 10.4 Å². The average Bonchev–Trinajstić information content (AvgIpc) is 3.49. The van der Waals surface area contributed by atoms with Gasteiger partial charge in [0.15, 0.2) is 0 Å². The predicted molar refractivity (Wildman–Crippen MR) is 139 cm³/mol. The number of carbonyl (C=O) groups excluding carboxylic acids is 1. The van der Waals surface area contributed by atoms with E-state index in [9.17, 15) is 4.79 Å². The van der Waals surface area contributed by atoms with E-state index in [1.54, 1.807) is 16.2 Å². The molecule has 0 aliphatic carbocycles. The van der Waals surface area contributed by atoms with Crippen molar-refractivity contribution >= 4 is 34.6 Å². The van der Waals surface area contributed by atoms with Crippen molar-refractivity contribution in [2.75, 3.05) is 23.7 Å². The van der Waals surface area contributed by atoms with Crippen LogP contribution in [0, 0.1) is 0 Å². The zero-order valence-corrected chi connectivity index (χ0v) is 20.6. The summed E-state index contributed by atoms with van der Waals surface area (Å²) in [5.74, 6) is 0.930. The molecular formula is C27H30N4O2S. The normalized spacial score (nSPS) is 17.6. The third-order valence-electron chi connectivity index (χ3n) is 6.07. The Bertz CT molecular complexity index is 1210. The summed E-state index contributed by atoms with van der Waals surface area (Å²) in [4.78, 5) is 20.0. The smallest absolute Gasteiger partial charge is 0.410 e. The van der Waals surface area contributed by atoms with E-state index in [1.807, 2.05) is 33.0 Å². The fourth-order valence-electron chi connectivity index (χ4n) is 4.43. The summed E-state index contributed by atoms with van der Waals surface area (Å²) < 4.78 is 5.52. The molecule has 0 saturated heterocycles. The minimum Gasteiger partial charge on any atom is -0.444 e. The van der Waals surface area contributed by atoms with Gasteiger partial charge in [0.2, 0.25) is 0 Å². The highest BCUT2D eigenvalue weighted by molar-refractivity contribution is 7.13. The minimum atomic E-state index is -0.478. The van der Waals surface area contributed by atoms with Gasteiger partial charge in [-0.05, 0) is 68.0 Å². The maximum atomic E-state index is 12.4. The number of hydrogen-bond acceptors (Lipinski definition) is 6. The van der Waals surface area contributed by atoms with Crippen LogP contribution in [0.15, 0.2) is 65.7 Å². The molecule has 0 fully saturated rings. The maximum absolute atomic E-state index is 12.4. The summed E-state index contributed by atoms with van der Waals surface area (Å²) in [6, 6.07) is 15.0. The van der Waals surface area contributed by atoms with Crippen molar-refractivity contribution in [3.05, 3.63) is 71.3 Å². The van der Waals surface area contributed by atoms with Crippen LogP contribution in [0.3, 0.4) is 0 Å². The van der Waals surface area contributed by atoms with Gasteiger partial charge >= 0.3 is 6.09 Å². The summed E-state index contributed by atoms with van der Waals surface area (Å²) in [6.45, 7) is 6.93. The van der Waals surface area contributed by atoms with Crippen LogP contribution < -0.4 is 10.6 Å². The monoisotopic (exact) mass is 474 g/mol. The number of nitrogens with zero attached hydrogens (tertiary/aromatic N) is 2. The van der Waals surface area contributed by atoms with Crippen molar-refractivity contribution in [1.82, 2.24) is 9.88 Å². The second kappa shape index (κ2) is 9.14. The number of carbonyl (C=O) groups is 1. The van der Waals surface area contributed by atoms with E-state index >= 15 is 0 Å². The SMILES string of the molecule is CC(C)(C)OC(=O)N1CC=C(C2Cc3c(Nc4cccc(-c5cccs5)c4)ccnc3N2)CC1. The Hall–Kier alpha value is -3.32. The molecule has 1 aromatic carbocycles. The summed E-state index contributed by atoms with van der Waals surface area (Å²) >= 11 is 1.75. The standard InChI is InChI=1S/C27H30N4O2S/c1-27(2,3)33-26(32)31-13-10-18(11-14-31)23-17-21-22(9-12-28-25(21)30-23)29-20-7-4-6-19(16-20)24-8-5-15-34-24/h4-10,12,15-16,23H,11,13-14,17H2,1-3H3,(H2,28,29,30). The number of aromatic nitrogens is 1. The molecule has 1 unspecified atom stereocenters. The van der Waals surface area contributed by atoms with Crippen LogP contribution >= 0.6 is 11.3 Å². The average molecular weight is 475 g/mol. The van der Waals surface area contributed by atoms with Crippen molar-refractivity contribution in [2.45, 2.75) is 45.3 Å². The van der Waals surface area contributed by atoms with Gasteiger partial charge in [0.1, 0.15) is 11.4 Å². The number of benzene rings is 1. The molecule has 6 nitrogen and oxygen atoms in total. The lowest BCUT2D eigenvalue weighted by atomic mass is 9.97. The van der Waals surface area contributed by atoms with Crippen LogP contribution in [0.5, 0.6) is 0 Å². The van der Waals surface area contributed by atoms with Gasteiger partial charge in [0.05, 0.1) is 6.04 Å². The summed E-state index contributed by atoms with van der Waals surface area (Å²) in [5, 5.41) is 9.30. The van der Waals surface area contributed by atoms with Crippen molar-refractivity contribution in [3.8, 4) is 10.4 Å². The molecule has 0 spiro atoms. The molecule has 1 amide bonds. The van der Waals surface area contributed by atoms with E-state index in [0.29, 0.717) is 13.1 Å². The molecule has 5 rings (SSSR count). The molecule has 3 aromatic rings. The highest BCUT2D eigenvalue weighted by atomic mass is 32.1. The van der Waals surface area contributed by atoms with Crippen LogP contribution in [-0.4, -0.2) is 40.7 Å². The molecule has 7 heteroatoms. The molecule has 0 radical (unpaired) electrons. The van der Waals surface area contributed by atoms with Crippen molar-refractivity contribution in [1.29, 1.82) is 0 Å². The summed E-state index contributed by atoms with van der Waals surface area (Å²) in [7, 11) is 0. The molecule has 2 aromatic heterocycles. The number of nitrogens with one attached hydrogen (secondary N) is 2. The molecule has 0 bridgehead atoms. The number of rotatable bonds is 4. The van der Waals surface area contributed by atoms with Gasteiger partial charge in [0.25, 0.3) is 0 Å². The topological polar surface area (TPSA) is 66.5 Å². The summed E-state index contributed by atoms with van der Waals surface area (Å²) in [6.07, 6.45) is 5.46. The van der Waals surface area contributed by atoms with E-state index in [2.05, 4.69) is 63.5 Å². The lowest BCUT2D eigenvalue weighted by Gasteiger charge is -2.31. The van der Waals surface area contributed by atoms with Crippen molar-refractivity contribution in [2.24, 2.45) is 0 Å². The number of fused-ring (bicyclic) bond motifs is 1. The molecule has 34 heavy (non-hydrogen) atoms. The van der Waals surface area contributed by atoms with Crippen molar-refractivity contribution < 1.29 is 9.53 Å². The molecule has 176 valence electrons. The van der Waals surface area contributed by atoms with Gasteiger partial charge in [-0.25, -0.2) is 9.78 Å². The van der Waals surface area contributed by atoms with Gasteiger partial charge in [-0.15, -0.1) is 11.3 Å². The van der Waals surface area contributed by atoms with E-state index in [1.165, 1.54) is 21.6 Å². The fraction of sp³-hybridized carbons (Fsp3) is 0.333. The Labute approximate surface area is 204 Å². The molecule has 4 heterocycles. The maximum Gasteiger partial charge on any atom is 0.410 e. The first-order chi connectivity index (χ1) is 16.4. The number of amides is 1. The first-order valence-electron chi connectivity index (χ1n) is 11.7. The first kappa shape index (κ1) is 22.5. The lowest BCUT2D eigenvalue weighted by Crippen LogP contribution is -2.40. The Kier molecular flexibility index (Phi) is 6.04. The minimum absolute atomic E-state index is 0.198. The summed E-state index contributed by atoms with van der Waals surface area (Å²) in [5.41, 5.74) is 5.40. The van der Waals surface area contributed by atoms with Gasteiger partial charge in [0, 0.05) is 47.5 Å². The van der Waals surface area contributed by atoms with Crippen LogP contribution in [-0.2, 0) is 11.2 Å². The third kappa shape index (κ3) is 4.94. The Balaban J connectivity index is 1.27. The molecule has 0 saturated carbocycles. The fourth-order valence-corrected chi connectivity index (χ4v) is 5.15. The van der Waals surface area contributed by atoms with Crippen molar-refractivity contribution in [3.63, 3.8) is 0 Å². The zero-order valence-electron chi connectivity index (χ0n) is 19.8. The Morgan fingerprint density at radius 1 is 1.24 bits per heavy atom. The van der Waals surface area contributed by atoms with E-state index in [4.69, 9.17) is 4.74 Å². The first-order valence-corrected chi connectivity index (χ1v) is 12.6. The molecule has 2 aliphatic heterocycles. The van der Waals surface area contributed by atoms with Crippen LogP contribution in [0.4, 0.5) is 22.0 Å². The van der Waals surface area contributed by atoms with Gasteiger partial charge < -0.3 is 20.3 Å². The predicted octanol–water partition coefficient (Wildman–Crippen LogP) is 6.46. The molecular weight excluding hydrogens is 444 g/mol. The van der Waals surface area contributed by atoms with Gasteiger partial charge in [-0.3, -0.25) is 0 Å². The highest BCUT2D eigenvalue weighted by Crippen LogP contribution is 2.36. The number of hydrogen-bond donors (Lipinski definition) is 2. The van der Waals surface area contributed by atoms with Gasteiger partial charge in [-0.2, -0.15) is 0 Å². The zero-order chi connectivity index (χ0) is 23.7. The largest absolute Gasteiger partial charge is 0.444 e. The van der Waals surface area contributed by atoms with E-state index in [0.717, 1.165) is 30.0 Å². The number of thiophene rings is 1. The van der Waals surface area contributed by atoms with E-state index in [-0.39, 0.29) is 12.1 Å². The van der Waals surface area contributed by atoms with E-state index < -0.39 is 5.60 Å². The highest BCUT2D eigenvalue weighted by Gasteiger charge is 2.30.